The fraction of sp³-hybridized carbons (Fsp3) is 0.351. The number of sulfonamides is 1. The minimum Gasteiger partial charge on any atom is -0.344 e. The monoisotopic (exact) mass is 640 g/mol. The summed E-state index contributed by atoms with van der Waals surface area (Å²) in [6, 6.07) is 28.5. The minimum absolute atomic E-state index is 0.109. The molecule has 0 radical (unpaired) electrons. The van der Waals surface area contributed by atoms with Crippen LogP contribution in [0.2, 0.25) is 0 Å². The molecule has 2 amide bonds. The number of carbonyl (C=O) groups is 2. The molecule has 242 valence electrons. The Labute approximate surface area is 272 Å². The van der Waals surface area contributed by atoms with Crippen molar-refractivity contribution in [3.63, 3.8) is 0 Å². The van der Waals surface area contributed by atoms with Crippen LogP contribution >= 0.6 is 0 Å². The number of hydrogen-bond donors (Lipinski definition) is 3. The molecular formula is C37H44N4O4S. The smallest absolute Gasteiger partial charge is 0.245 e. The molecule has 1 heterocycles. The molecule has 9 heteroatoms. The number of benzene rings is 4. The van der Waals surface area contributed by atoms with E-state index >= 15 is 0 Å². The van der Waals surface area contributed by atoms with Gasteiger partial charge in [0.2, 0.25) is 21.8 Å². The molecule has 0 saturated carbocycles. The second kappa shape index (κ2) is 15.5. The first-order valence-electron chi connectivity index (χ1n) is 16.2. The zero-order valence-corrected chi connectivity index (χ0v) is 27.4. The van der Waals surface area contributed by atoms with E-state index in [9.17, 15) is 18.0 Å². The molecule has 1 aliphatic rings. The van der Waals surface area contributed by atoms with Crippen molar-refractivity contribution in [3.8, 4) is 0 Å². The zero-order valence-electron chi connectivity index (χ0n) is 26.6. The van der Waals surface area contributed by atoms with Gasteiger partial charge in [0.1, 0.15) is 6.04 Å². The van der Waals surface area contributed by atoms with Crippen LogP contribution in [0.1, 0.15) is 67.8 Å². The summed E-state index contributed by atoms with van der Waals surface area (Å²) < 4.78 is 30.0. The Hall–Kier alpha value is -4.05. The number of nitrogens with one attached hydrogen (secondary N) is 3. The molecule has 0 bridgehead atoms. The molecule has 0 aliphatic carbocycles. The quantitative estimate of drug-likeness (QED) is 0.165. The Morgan fingerprint density at radius 2 is 1.46 bits per heavy atom. The normalized spacial score (nSPS) is 15.4. The summed E-state index contributed by atoms with van der Waals surface area (Å²) in [6.07, 6.45) is 4.15. The summed E-state index contributed by atoms with van der Waals surface area (Å²) in [7, 11) is -2.02. The molecule has 1 fully saturated rings. The van der Waals surface area contributed by atoms with Gasteiger partial charge >= 0.3 is 0 Å². The molecule has 3 unspecified atom stereocenters. The Bertz CT molecular complexity index is 1720. The highest BCUT2D eigenvalue weighted by atomic mass is 32.2. The molecular weight excluding hydrogens is 596 g/mol. The van der Waals surface area contributed by atoms with Gasteiger partial charge in [-0.05, 0) is 65.9 Å². The molecule has 1 aliphatic heterocycles. The van der Waals surface area contributed by atoms with E-state index in [2.05, 4.69) is 34.4 Å². The van der Waals surface area contributed by atoms with Gasteiger partial charge in [0.15, 0.2) is 0 Å². The Morgan fingerprint density at radius 3 is 2.13 bits per heavy atom. The van der Waals surface area contributed by atoms with E-state index in [1.807, 2.05) is 66.5 Å². The van der Waals surface area contributed by atoms with Crippen molar-refractivity contribution in [1.82, 2.24) is 20.3 Å². The second-order valence-corrected chi connectivity index (χ2v) is 13.7. The number of likely N-dealkylation sites (tertiary alicyclic amines) is 1. The molecule has 0 aromatic heterocycles. The lowest BCUT2D eigenvalue weighted by atomic mass is 9.98. The molecule has 4 aromatic carbocycles. The Balaban J connectivity index is 1.35. The van der Waals surface area contributed by atoms with Crippen molar-refractivity contribution in [2.75, 3.05) is 20.1 Å². The lowest BCUT2D eigenvalue weighted by Gasteiger charge is -2.26. The van der Waals surface area contributed by atoms with Gasteiger partial charge < -0.3 is 15.5 Å². The molecule has 4 aromatic rings. The van der Waals surface area contributed by atoms with Crippen molar-refractivity contribution in [3.05, 3.63) is 114 Å². The van der Waals surface area contributed by atoms with Gasteiger partial charge in [0.25, 0.3) is 0 Å². The van der Waals surface area contributed by atoms with E-state index < -0.39 is 28.0 Å². The lowest BCUT2D eigenvalue weighted by Crippen LogP contribution is -2.49. The van der Waals surface area contributed by atoms with Gasteiger partial charge in [-0.1, -0.05) is 98.3 Å². The summed E-state index contributed by atoms with van der Waals surface area (Å²) in [5.74, 6) is -0.510. The van der Waals surface area contributed by atoms with Crippen molar-refractivity contribution >= 4 is 32.6 Å². The summed E-state index contributed by atoms with van der Waals surface area (Å²) in [5.41, 5.74) is 2.79. The number of carbonyl (C=O) groups excluding carboxylic acids is 2. The standard InChI is InChI=1S/C37H44N4O4S/c1-3-11-33(38-2)30-18-16-27(17-19-30)24-35(37(43)41-22-9-10-23-41)39-36(42)26-34(29-13-5-4-6-14-29)40-46(44,45)32-21-20-28-12-7-8-15-31(28)25-32/h4-8,12-21,25,33-35,38,40H,3,9-11,22-24,26H2,1-2H3,(H,39,42). The van der Waals surface area contributed by atoms with E-state index in [1.54, 1.807) is 30.3 Å². The summed E-state index contributed by atoms with van der Waals surface area (Å²) >= 11 is 0. The van der Waals surface area contributed by atoms with E-state index in [0.29, 0.717) is 25.1 Å². The van der Waals surface area contributed by atoms with Crippen molar-refractivity contribution in [2.24, 2.45) is 0 Å². The number of nitrogens with zero attached hydrogens (tertiary/aromatic N) is 1. The van der Waals surface area contributed by atoms with Gasteiger partial charge in [0, 0.05) is 32.0 Å². The average molecular weight is 641 g/mol. The Kier molecular flexibility index (Phi) is 11.2. The van der Waals surface area contributed by atoms with E-state index in [0.717, 1.165) is 42.0 Å². The van der Waals surface area contributed by atoms with Crippen molar-refractivity contribution in [2.45, 2.75) is 68.5 Å². The molecule has 5 rings (SSSR count). The van der Waals surface area contributed by atoms with Crippen molar-refractivity contribution < 1.29 is 18.0 Å². The van der Waals surface area contributed by atoms with E-state index in [-0.39, 0.29) is 23.3 Å². The van der Waals surface area contributed by atoms with Gasteiger partial charge in [-0.15, -0.1) is 0 Å². The van der Waals surface area contributed by atoms with Gasteiger partial charge in [-0.25, -0.2) is 13.1 Å². The first kappa shape index (κ1) is 33.3. The molecule has 0 spiro atoms. The molecule has 3 atom stereocenters. The van der Waals surface area contributed by atoms with Gasteiger partial charge in [-0.3, -0.25) is 9.59 Å². The molecule has 8 nitrogen and oxygen atoms in total. The van der Waals surface area contributed by atoms with E-state index in [1.165, 1.54) is 5.56 Å². The maximum absolute atomic E-state index is 13.7. The fourth-order valence-electron chi connectivity index (χ4n) is 6.19. The van der Waals surface area contributed by atoms with Crippen LogP contribution in [-0.4, -0.2) is 51.3 Å². The van der Waals surface area contributed by atoms with Gasteiger partial charge in [-0.2, -0.15) is 0 Å². The van der Waals surface area contributed by atoms with E-state index in [4.69, 9.17) is 0 Å². The second-order valence-electron chi connectivity index (χ2n) is 12.0. The maximum Gasteiger partial charge on any atom is 0.245 e. The zero-order chi connectivity index (χ0) is 32.5. The largest absolute Gasteiger partial charge is 0.344 e. The highest BCUT2D eigenvalue weighted by Crippen LogP contribution is 2.24. The third kappa shape index (κ3) is 8.40. The number of hydrogen-bond acceptors (Lipinski definition) is 5. The van der Waals surface area contributed by atoms with Crippen LogP contribution in [0.15, 0.2) is 102 Å². The first-order chi connectivity index (χ1) is 22.3. The number of amides is 2. The van der Waals surface area contributed by atoms with Crippen LogP contribution < -0.4 is 15.4 Å². The average Bonchev–Trinajstić information content (AvgIpc) is 3.62. The predicted molar refractivity (Wildman–Crippen MR) is 183 cm³/mol. The molecule has 3 N–H and O–H groups in total. The fourth-order valence-corrected chi connectivity index (χ4v) is 7.45. The summed E-state index contributed by atoms with van der Waals surface area (Å²) in [4.78, 5) is 29.3. The van der Waals surface area contributed by atoms with Crippen LogP contribution in [0.25, 0.3) is 10.8 Å². The lowest BCUT2D eigenvalue weighted by molar-refractivity contribution is -0.135. The minimum atomic E-state index is -3.98. The summed E-state index contributed by atoms with van der Waals surface area (Å²) in [6.45, 7) is 3.50. The summed E-state index contributed by atoms with van der Waals surface area (Å²) in [5, 5.41) is 8.09. The third-order valence-corrected chi connectivity index (χ3v) is 10.2. The number of rotatable bonds is 14. The highest BCUT2D eigenvalue weighted by molar-refractivity contribution is 7.89. The van der Waals surface area contributed by atoms with Crippen LogP contribution in [0.4, 0.5) is 0 Å². The van der Waals surface area contributed by atoms with Crippen LogP contribution in [0.3, 0.4) is 0 Å². The molecule has 46 heavy (non-hydrogen) atoms. The van der Waals surface area contributed by atoms with Crippen molar-refractivity contribution in [1.29, 1.82) is 0 Å². The van der Waals surface area contributed by atoms with Crippen LogP contribution in [0.5, 0.6) is 0 Å². The predicted octanol–water partition coefficient (Wildman–Crippen LogP) is 5.66. The third-order valence-electron chi connectivity index (χ3n) is 8.72. The maximum atomic E-state index is 13.7. The Morgan fingerprint density at radius 1 is 0.804 bits per heavy atom. The topological polar surface area (TPSA) is 108 Å². The first-order valence-corrected chi connectivity index (χ1v) is 17.7. The SMILES string of the molecule is CCCC(NC)c1ccc(CC(NC(=O)CC(NS(=O)(=O)c2ccc3ccccc3c2)c2ccccc2)C(=O)N2CCCC2)cc1. The van der Waals surface area contributed by atoms with Gasteiger partial charge in [0.05, 0.1) is 10.9 Å². The number of fused-ring (bicyclic) bond motifs is 1. The van der Waals surface area contributed by atoms with Crippen LogP contribution in [0, 0.1) is 0 Å². The van der Waals surface area contributed by atoms with Crippen LogP contribution in [-0.2, 0) is 26.0 Å². The highest BCUT2D eigenvalue weighted by Gasteiger charge is 2.30. The molecule has 1 saturated heterocycles.